The SMILES string of the molecule is CC(C)(C)OC(=O)N1CCC(OCCNCc2ccsc2)CC1. The number of hydrogen-bond donors (Lipinski definition) is 1. The van der Waals surface area contributed by atoms with Gasteiger partial charge in [-0.25, -0.2) is 4.79 Å². The van der Waals surface area contributed by atoms with Crippen molar-refractivity contribution in [2.45, 2.75) is 51.9 Å². The van der Waals surface area contributed by atoms with E-state index in [1.54, 1.807) is 16.2 Å². The molecule has 1 aliphatic rings. The maximum absolute atomic E-state index is 12.0. The predicted octanol–water partition coefficient (Wildman–Crippen LogP) is 3.25. The molecule has 130 valence electrons. The van der Waals surface area contributed by atoms with Gasteiger partial charge in [-0.2, -0.15) is 11.3 Å². The van der Waals surface area contributed by atoms with Crippen molar-refractivity contribution in [2.24, 2.45) is 0 Å². The van der Waals surface area contributed by atoms with Crippen LogP contribution < -0.4 is 5.32 Å². The van der Waals surface area contributed by atoms with Gasteiger partial charge in [0.1, 0.15) is 5.60 Å². The van der Waals surface area contributed by atoms with Crippen LogP contribution in [-0.4, -0.2) is 48.9 Å². The van der Waals surface area contributed by atoms with E-state index in [1.807, 2.05) is 20.8 Å². The van der Waals surface area contributed by atoms with Crippen LogP contribution in [-0.2, 0) is 16.0 Å². The van der Waals surface area contributed by atoms with Gasteiger partial charge in [0, 0.05) is 26.2 Å². The summed E-state index contributed by atoms with van der Waals surface area (Å²) in [5.74, 6) is 0. The first-order valence-electron chi connectivity index (χ1n) is 8.25. The lowest BCUT2D eigenvalue weighted by Gasteiger charge is -2.33. The first-order chi connectivity index (χ1) is 10.9. The lowest BCUT2D eigenvalue weighted by Crippen LogP contribution is -2.43. The first-order valence-corrected chi connectivity index (χ1v) is 9.19. The molecule has 1 aromatic rings. The maximum atomic E-state index is 12.0. The predicted molar refractivity (Wildman–Crippen MR) is 92.8 cm³/mol. The van der Waals surface area contributed by atoms with Crippen molar-refractivity contribution < 1.29 is 14.3 Å². The van der Waals surface area contributed by atoms with Crippen LogP contribution in [0.1, 0.15) is 39.2 Å². The summed E-state index contributed by atoms with van der Waals surface area (Å²) in [6.45, 7) is 9.55. The van der Waals surface area contributed by atoms with E-state index in [-0.39, 0.29) is 12.2 Å². The number of nitrogens with zero attached hydrogens (tertiary/aromatic N) is 1. The standard InChI is InChI=1S/C17H28N2O3S/c1-17(2,3)22-16(20)19-8-4-15(5-9-19)21-10-7-18-12-14-6-11-23-13-14/h6,11,13,15,18H,4-5,7-10,12H2,1-3H3. The molecule has 1 aliphatic heterocycles. The number of carbonyl (C=O) groups is 1. The van der Waals surface area contributed by atoms with Gasteiger partial charge in [-0.1, -0.05) is 0 Å². The zero-order chi connectivity index (χ0) is 16.7. The molecule has 0 aromatic carbocycles. The van der Waals surface area contributed by atoms with E-state index in [0.717, 1.165) is 25.9 Å². The number of carbonyl (C=O) groups excluding carboxylic acids is 1. The van der Waals surface area contributed by atoms with Crippen molar-refractivity contribution in [3.05, 3.63) is 22.4 Å². The Bertz CT molecular complexity index is 463. The van der Waals surface area contributed by atoms with Crippen LogP contribution in [0.3, 0.4) is 0 Å². The Morgan fingerprint density at radius 3 is 2.74 bits per heavy atom. The summed E-state index contributed by atoms with van der Waals surface area (Å²) in [6, 6.07) is 2.13. The molecule has 0 atom stereocenters. The highest BCUT2D eigenvalue weighted by Gasteiger charge is 2.26. The second-order valence-electron chi connectivity index (χ2n) is 6.85. The molecule has 0 bridgehead atoms. The fourth-order valence-corrected chi connectivity index (χ4v) is 3.12. The molecule has 1 N–H and O–H groups in total. The number of likely N-dealkylation sites (tertiary alicyclic amines) is 1. The largest absolute Gasteiger partial charge is 0.444 e. The molecule has 1 saturated heterocycles. The van der Waals surface area contributed by atoms with Gasteiger partial charge in [0.2, 0.25) is 0 Å². The summed E-state index contributed by atoms with van der Waals surface area (Å²) in [5, 5.41) is 7.62. The van der Waals surface area contributed by atoms with Crippen LogP contribution in [0.4, 0.5) is 4.79 Å². The Kier molecular flexibility index (Phi) is 6.87. The normalized spacial score (nSPS) is 16.6. The summed E-state index contributed by atoms with van der Waals surface area (Å²) >= 11 is 1.72. The van der Waals surface area contributed by atoms with Crippen LogP contribution >= 0.6 is 11.3 Å². The molecule has 1 fully saturated rings. The quantitative estimate of drug-likeness (QED) is 0.808. The van der Waals surface area contributed by atoms with Crippen molar-refractivity contribution in [3.8, 4) is 0 Å². The zero-order valence-corrected chi connectivity index (χ0v) is 15.2. The zero-order valence-electron chi connectivity index (χ0n) is 14.3. The number of piperidine rings is 1. The number of nitrogens with one attached hydrogen (secondary N) is 1. The highest BCUT2D eigenvalue weighted by molar-refractivity contribution is 7.07. The maximum Gasteiger partial charge on any atom is 0.410 e. The van der Waals surface area contributed by atoms with Gasteiger partial charge in [-0.15, -0.1) is 0 Å². The summed E-state index contributed by atoms with van der Waals surface area (Å²) in [5.41, 5.74) is 0.888. The Balaban J connectivity index is 1.55. The van der Waals surface area contributed by atoms with Gasteiger partial charge in [0.25, 0.3) is 0 Å². The molecular weight excluding hydrogens is 312 g/mol. The first kappa shape index (κ1) is 18.2. The third kappa shape index (κ3) is 6.89. The molecular formula is C17H28N2O3S. The number of rotatable bonds is 6. The summed E-state index contributed by atoms with van der Waals surface area (Å²) in [7, 11) is 0. The summed E-state index contributed by atoms with van der Waals surface area (Å²) in [6.07, 6.45) is 1.79. The van der Waals surface area contributed by atoms with E-state index < -0.39 is 5.60 Å². The van der Waals surface area contributed by atoms with Gasteiger partial charge in [-0.3, -0.25) is 0 Å². The van der Waals surface area contributed by atoms with Gasteiger partial charge < -0.3 is 19.7 Å². The molecule has 6 heteroatoms. The average molecular weight is 340 g/mol. The van der Waals surface area contributed by atoms with E-state index in [4.69, 9.17) is 9.47 Å². The lowest BCUT2D eigenvalue weighted by atomic mass is 10.1. The molecule has 0 aliphatic carbocycles. The monoisotopic (exact) mass is 340 g/mol. The number of hydrogen-bond acceptors (Lipinski definition) is 5. The van der Waals surface area contributed by atoms with Crippen LogP contribution in [0.2, 0.25) is 0 Å². The van der Waals surface area contributed by atoms with E-state index in [2.05, 4.69) is 22.1 Å². The summed E-state index contributed by atoms with van der Waals surface area (Å²) < 4.78 is 11.3. The number of ether oxygens (including phenoxy) is 2. The third-order valence-electron chi connectivity index (χ3n) is 3.64. The minimum atomic E-state index is -0.432. The van der Waals surface area contributed by atoms with Crippen molar-refractivity contribution in [3.63, 3.8) is 0 Å². The molecule has 1 amide bonds. The van der Waals surface area contributed by atoms with Crippen molar-refractivity contribution in [1.29, 1.82) is 0 Å². The lowest BCUT2D eigenvalue weighted by molar-refractivity contribution is -0.0104. The van der Waals surface area contributed by atoms with Gasteiger partial charge in [0.15, 0.2) is 0 Å². The molecule has 0 radical (unpaired) electrons. The second-order valence-corrected chi connectivity index (χ2v) is 7.63. The van der Waals surface area contributed by atoms with Crippen molar-refractivity contribution >= 4 is 17.4 Å². The van der Waals surface area contributed by atoms with Crippen molar-refractivity contribution in [2.75, 3.05) is 26.2 Å². The third-order valence-corrected chi connectivity index (χ3v) is 4.37. The van der Waals surface area contributed by atoms with Gasteiger partial charge in [0.05, 0.1) is 12.7 Å². The fourth-order valence-electron chi connectivity index (χ4n) is 2.46. The molecule has 2 rings (SSSR count). The van der Waals surface area contributed by atoms with E-state index >= 15 is 0 Å². The smallest absolute Gasteiger partial charge is 0.410 e. The summed E-state index contributed by atoms with van der Waals surface area (Å²) in [4.78, 5) is 13.8. The Morgan fingerprint density at radius 2 is 2.13 bits per heavy atom. The number of thiophene rings is 1. The van der Waals surface area contributed by atoms with E-state index in [9.17, 15) is 4.79 Å². The highest BCUT2D eigenvalue weighted by Crippen LogP contribution is 2.17. The Morgan fingerprint density at radius 1 is 1.39 bits per heavy atom. The molecule has 5 nitrogen and oxygen atoms in total. The number of amides is 1. The van der Waals surface area contributed by atoms with Crippen LogP contribution in [0.5, 0.6) is 0 Å². The Labute approximate surface area is 143 Å². The average Bonchev–Trinajstić information content (AvgIpc) is 2.99. The molecule has 0 unspecified atom stereocenters. The minimum Gasteiger partial charge on any atom is -0.444 e. The fraction of sp³-hybridized carbons (Fsp3) is 0.706. The minimum absolute atomic E-state index is 0.214. The molecule has 0 saturated carbocycles. The molecule has 23 heavy (non-hydrogen) atoms. The molecule has 2 heterocycles. The van der Waals surface area contributed by atoms with Crippen LogP contribution in [0, 0.1) is 0 Å². The van der Waals surface area contributed by atoms with E-state index in [1.165, 1.54) is 5.56 Å². The highest BCUT2D eigenvalue weighted by atomic mass is 32.1. The molecule has 0 spiro atoms. The molecule has 1 aromatic heterocycles. The van der Waals surface area contributed by atoms with Gasteiger partial charge >= 0.3 is 6.09 Å². The van der Waals surface area contributed by atoms with E-state index in [0.29, 0.717) is 19.7 Å². The second kappa shape index (κ2) is 8.66. The van der Waals surface area contributed by atoms with Crippen molar-refractivity contribution in [1.82, 2.24) is 10.2 Å². The van der Waals surface area contributed by atoms with Crippen LogP contribution in [0.15, 0.2) is 16.8 Å². The Hall–Kier alpha value is -1.11. The van der Waals surface area contributed by atoms with Gasteiger partial charge in [-0.05, 0) is 56.0 Å². The topological polar surface area (TPSA) is 50.8 Å². The van der Waals surface area contributed by atoms with Crippen LogP contribution in [0.25, 0.3) is 0 Å².